The topological polar surface area (TPSA) is 312 Å². The number of phenols is 1. The highest BCUT2D eigenvalue weighted by Crippen LogP contribution is 2.54. The molecule has 7 aliphatic heterocycles. The molecule has 7 heterocycles. The number of nitrogens with zero attached hydrogens (tertiary/aromatic N) is 2. The third kappa shape index (κ3) is 17.2. The van der Waals surface area contributed by atoms with Crippen molar-refractivity contribution < 1.29 is 75.8 Å². The quantitative estimate of drug-likeness (QED) is 0.0246. The van der Waals surface area contributed by atoms with E-state index in [1.807, 2.05) is 4.90 Å². The van der Waals surface area contributed by atoms with Gasteiger partial charge in [-0.2, -0.15) is 0 Å². The Balaban J connectivity index is 0.745. The molecule has 0 radical (unpaired) electrons. The van der Waals surface area contributed by atoms with Gasteiger partial charge in [-0.05, 0) is 144 Å². The molecule has 5 amide bonds. The van der Waals surface area contributed by atoms with Crippen molar-refractivity contribution in [3.8, 4) is 28.7 Å². The molecule has 7 fully saturated rings. The van der Waals surface area contributed by atoms with Gasteiger partial charge in [0.2, 0.25) is 29.5 Å². The first-order chi connectivity index (χ1) is 47.5. The standard InChI is InChI=1S/C73H98N9O16P/c1-44(75-66(85)58-33-30-55(79-58)54-29-31-56(78-54)61-21-15-38-81(61)69(88)59(76-45(2)83)40-46-22-25-48(84)26-23-46)68(87)82-62(57-32-28-53(77-57)52-20-14-37-74-52)34-35-63(82)67(86)80-60(70(89)93-7)41-47-24-27-51(42-64(47)92-6)94-43-73(71(90)72(3,4)5)65(36-39-95-73)98-99(91,96-49-16-10-8-11-17-49)97-50-18-12-9-13-19-50/h8-13,16-19,22-27,42,44,52-63,65,74,77-79,84H,14-15,20-21,28-41,43H2,1-7H3,(H,75,85)(H,76,83)(H,80,86)/t44-,52?,53?,54?,55?,56?,57?,58?,59-,60-,61?,62?,63?,65?,73?/m0/s1. The Kier molecular flexibility index (Phi) is 23.4. The summed E-state index contributed by atoms with van der Waals surface area (Å²) in [6.07, 6.45) is 8.27. The molecule has 536 valence electrons. The number of hydrogen-bond acceptors (Lipinski definition) is 20. The number of likely N-dealkylation sites (tertiary alicyclic amines) is 2. The summed E-state index contributed by atoms with van der Waals surface area (Å²) in [6, 6.07) is 23.6. The number of carbonyl (C=O) groups excluding carboxylic acids is 7. The van der Waals surface area contributed by atoms with E-state index in [4.69, 9.17) is 32.5 Å². The highest BCUT2D eigenvalue weighted by molar-refractivity contribution is 7.49. The van der Waals surface area contributed by atoms with Crippen LogP contribution >= 0.6 is 7.82 Å². The smallest absolute Gasteiger partial charge is 0.508 e. The summed E-state index contributed by atoms with van der Waals surface area (Å²) in [6.45, 7) is 9.46. The number of phosphoric acid groups is 1. The molecule has 0 bridgehead atoms. The number of para-hydroxylation sites is 2. The van der Waals surface area contributed by atoms with Crippen LogP contribution in [0.25, 0.3) is 0 Å². The maximum absolute atomic E-state index is 15.2. The van der Waals surface area contributed by atoms with Crippen molar-refractivity contribution in [1.29, 1.82) is 0 Å². The fourth-order valence-corrected chi connectivity index (χ4v) is 17.4. The number of aromatic hydroxyl groups is 1. The predicted molar refractivity (Wildman–Crippen MR) is 367 cm³/mol. The van der Waals surface area contributed by atoms with E-state index in [-0.39, 0.29) is 121 Å². The number of phenolic OH excluding ortho intramolecular Hbond substituents is 1. The maximum atomic E-state index is 15.2. The number of phosphoric ester groups is 1. The third-order valence-corrected chi connectivity index (χ3v) is 22.1. The van der Waals surface area contributed by atoms with Crippen LogP contribution in [0.4, 0.5) is 0 Å². The summed E-state index contributed by atoms with van der Waals surface area (Å²) in [5.74, 6) is -1.79. The van der Waals surface area contributed by atoms with Crippen molar-refractivity contribution in [2.75, 3.05) is 40.5 Å². The van der Waals surface area contributed by atoms with Crippen molar-refractivity contribution in [1.82, 2.24) is 47.0 Å². The van der Waals surface area contributed by atoms with Gasteiger partial charge in [0.1, 0.15) is 65.6 Å². The zero-order valence-electron chi connectivity index (χ0n) is 57.7. The molecule has 4 aromatic carbocycles. The number of hydrogen-bond donors (Lipinski definition) is 8. The molecule has 4 aromatic rings. The summed E-state index contributed by atoms with van der Waals surface area (Å²) < 4.78 is 57.0. The second-order valence-corrected chi connectivity index (χ2v) is 30.0. The van der Waals surface area contributed by atoms with E-state index in [2.05, 4.69) is 37.2 Å². The van der Waals surface area contributed by atoms with Crippen LogP contribution in [0.15, 0.2) is 103 Å². The van der Waals surface area contributed by atoms with Gasteiger partial charge in [0, 0.05) is 92.5 Å². The fraction of sp³-hybridized carbons (Fsp3) is 0.575. The van der Waals surface area contributed by atoms with Gasteiger partial charge >= 0.3 is 13.8 Å². The molecular formula is C73H98N9O16P. The second kappa shape index (κ2) is 31.9. The molecule has 0 aromatic heterocycles. The lowest BCUT2D eigenvalue weighted by atomic mass is 9.78. The average Bonchev–Trinajstić information content (AvgIpc) is 1.74. The molecule has 8 N–H and O–H groups in total. The van der Waals surface area contributed by atoms with Gasteiger partial charge in [0.15, 0.2) is 11.4 Å². The Hall–Kier alpha value is -7.64. The first-order valence-corrected chi connectivity index (χ1v) is 36.6. The van der Waals surface area contributed by atoms with E-state index in [1.54, 1.807) is 136 Å². The number of ketones is 1. The molecule has 7 saturated heterocycles. The number of nitrogens with one attached hydrogen (secondary N) is 7. The van der Waals surface area contributed by atoms with Crippen molar-refractivity contribution in [3.05, 3.63) is 114 Å². The van der Waals surface area contributed by atoms with Crippen LogP contribution in [0, 0.1) is 5.41 Å². The Labute approximate surface area is 579 Å². The number of carbonyl (C=O) groups is 7. The van der Waals surface area contributed by atoms with Crippen LogP contribution in [0.1, 0.15) is 129 Å². The van der Waals surface area contributed by atoms with E-state index >= 15 is 4.79 Å². The minimum Gasteiger partial charge on any atom is -0.508 e. The summed E-state index contributed by atoms with van der Waals surface area (Å²) in [5, 5.41) is 33.5. The minimum absolute atomic E-state index is 0.0117. The van der Waals surface area contributed by atoms with Crippen molar-refractivity contribution in [2.45, 2.75) is 221 Å². The number of rotatable bonds is 27. The number of amides is 5. The highest BCUT2D eigenvalue weighted by Gasteiger charge is 2.59. The molecule has 99 heavy (non-hydrogen) atoms. The predicted octanol–water partition coefficient (Wildman–Crippen LogP) is 6.12. The molecule has 0 spiro atoms. The lowest BCUT2D eigenvalue weighted by Gasteiger charge is -2.37. The van der Waals surface area contributed by atoms with E-state index < -0.39 is 79.0 Å². The number of Topliss-reactive ketones (excluding diaryl/α,β-unsaturated/α-hetero) is 1. The first kappa shape index (κ1) is 72.6. The van der Waals surface area contributed by atoms with Gasteiger partial charge in [0.25, 0.3) is 0 Å². The molecule has 25 nitrogen and oxygen atoms in total. The highest BCUT2D eigenvalue weighted by atomic mass is 31.2. The van der Waals surface area contributed by atoms with Crippen molar-refractivity contribution in [3.63, 3.8) is 0 Å². The SMILES string of the molecule is COC(=O)[C@H](Cc1ccc(OCC2(C(=O)C(C)(C)C)OCCC2OP(=O)(Oc2ccccc2)Oc2ccccc2)cc1OC)NC(=O)C1CCC(C2CCC(C3CCCN3)N2)N1C(=O)[C@H](C)NC(=O)C1CCC(C2CCC(C3CCCN3C(=O)[C@H](Cc3ccc(O)cc3)NC(C)=O)N2)N1. The Morgan fingerprint density at radius 3 is 1.95 bits per heavy atom. The number of esters is 1. The lowest BCUT2D eigenvalue weighted by molar-refractivity contribution is -0.159. The Bertz CT molecular complexity index is 3500. The molecule has 7 aliphatic rings. The summed E-state index contributed by atoms with van der Waals surface area (Å²) in [7, 11) is -1.86. The minimum atomic E-state index is -4.53. The third-order valence-electron chi connectivity index (χ3n) is 20.7. The summed E-state index contributed by atoms with van der Waals surface area (Å²) >= 11 is 0. The first-order valence-electron chi connectivity index (χ1n) is 35.2. The zero-order chi connectivity index (χ0) is 70.2. The molecule has 12 unspecified atom stereocenters. The zero-order valence-corrected chi connectivity index (χ0v) is 58.6. The number of benzene rings is 4. The van der Waals surface area contributed by atoms with Gasteiger partial charge in [-0.1, -0.05) is 75.4 Å². The average molecular weight is 1390 g/mol. The van der Waals surface area contributed by atoms with Crippen molar-refractivity contribution in [2.24, 2.45) is 5.41 Å². The largest absolute Gasteiger partial charge is 0.587 e. The summed E-state index contributed by atoms with van der Waals surface area (Å²) in [4.78, 5) is 103. The van der Waals surface area contributed by atoms with E-state index in [0.717, 1.165) is 63.5 Å². The van der Waals surface area contributed by atoms with Gasteiger partial charge in [0.05, 0.1) is 26.9 Å². The van der Waals surface area contributed by atoms with Crippen molar-refractivity contribution >= 4 is 49.1 Å². The number of methoxy groups -OCH3 is 2. The van der Waals surface area contributed by atoms with Crippen LogP contribution in [-0.4, -0.2) is 187 Å². The molecule has 11 rings (SSSR count). The lowest BCUT2D eigenvalue weighted by Crippen LogP contribution is -2.61. The van der Waals surface area contributed by atoms with Gasteiger partial charge in [-0.3, -0.25) is 33.3 Å². The van der Waals surface area contributed by atoms with Crippen LogP contribution in [0.2, 0.25) is 0 Å². The second-order valence-electron chi connectivity index (χ2n) is 28.5. The normalized spacial score (nSPS) is 27.8. The van der Waals surface area contributed by atoms with E-state index in [0.29, 0.717) is 43.8 Å². The molecule has 15 atom stereocenters. The Morgan fingerprint density at radius 2 is 1.31 bits per heavy atom. The molecular weight excluding hydrogens is 1290 g/mol. The summed E-state index contributed by atoms with van der Waals surface area (Å²) in [5.41, 5.74) is -1.50. The Morgan fingerprint density at radius 1 is 0.667 bits per heavy atom. The molecule has 26 heteroatoms. The van der Waals surface area contributed by atoms with Gasteiger partial charge in [-0.15, -0.1) is 0 Å². The number of ether oxygens (including phenoxy) is 4. The van der Waals surface area contributed by atoms with Crippen LogP contribution < -0.4 is 55.7 Å². The monoisotopic (exact) mass is 1390 g/mol. The van der Waals surface area contributed by atoms with E-state index in [1.165, 1.54) is 21.1 Å². The molecule has 0 saturated carbocycles. The van der Waals surface area contributed by atoms with Gasteiger partial charge < -0.3 is 80.1 Å². The van der Waals surface area contributed by atoms with Crippen LogP contribution in [0.5, 0.6) is 28.7 Å². The van der Waals surface area contributed by atoms with Gasteiger partial charge in [-0.25, -0.2) is 9.36 Å². The fourth-order valence-electron chi connectivity index (χ4n) is 15.9. The molecule has 0 aliphatic carbocycles. The van der Waals surface area contributed by atoms with E-state index in [9.17, 15) is 38.4 Å². The van der Waals surface area contributed by atoms with Crippen LogP contribution in [0.3, 0.4) is 0 Å². The maximum Gasteiger partial charge on any atom is 0.587 e. The van der Waals surface area contributed by atoms with Crippen LogP contribution in [-0.2, 0) is 65.0 Å².